The van der Waals surface area contributed by atoms with E-state index in [0.29, 0.717) is 32.4 Å². The largest absolute Gasteiger partial charge is 0.481 e. The van der Waals surface area contributed by atoms with Crippen LogP contribution in [-0.2, 0) is 19.7 Å². The first-order valence-corrected chi connectivity index (χ1v) is 7.72. The van der Waals surface area contributed by atoms with Crippen molar-refractivity contribution < 1.29 is 23.1 Å². The molecule has 19 heavy (non-hydrogen) atoms. The van der Waals surface area contributed by atoms with Crippen LogP contribution >= 0.6 is 0 Å². The fourth-order valence-electron chi connectivity index (χ4n) is 2.08. The van der Waals surface area contributed by atoms with Gasteiger partial charge in [0, 0.05) is 40.4 Å². The molecule has 112 valence electrons. The first kappa shape index (κ1) is 16.4. The van der Waals surface area contributed by atoms with Crippen molar-refractivity contribution in [1.29, 1.82) is 0 Å². The highest BCUT2D eigenvalue weighted by Crippen LogP contribution is 2.21. The molecule has 0 amide bonds. The molecule has 0 unspecified atom stereocenters. The summed E-state index contributed by atoms with van der Waals surface area (Å²) >= 11 is 0. The SMILES string of the molecule is COCCCN(C)S(=O)(=O)N1CCC(C(=O)O)CC1. The number of rotatable bonds is 7. The molecule has 1 rings (SSSR count). The first-order valence-electron chi connectivity index (χ1n) is 6.32. The molecule has 8 heteroatoms. The van der Waals surface area contributed by atoms with Crippen LogP contribution in [0.1, 0.15) is 19.3 Å². The number of aliphatic carboxylic acids is 1. The van der Waals surface area contributed by atoms with Gasteiger partial charge in [0.1, 0.15) is 0 Å². The minimum Gasteiger partial charge on any atom is -0.481 e. The second-order valence-electron chi connectivity index (χ2n) is 4.69. The van der Waals surface area contributed by atoms with Gasteiger partial charge in [-0.05, 0) is 19.3 Å². The van der Waals surface area contributed by atoms with Gasteiger partial charge in [-0.2, -0.15) is 17.0 Å². The van der Waals surface area contributed by atoms with E-state index in [0.717, 1.165) is 0 Å². The van der Waals surface area contributed by atoms with Crippen LogP contribution in [0.2, 0.25) is 0 Å². The van der Waals surface area contributed by atoms with Gasteiger partial charge < -0.3 is 9.84 Å². The molecule has 0 bridgehead atoms. The van der Waals surface area contributed by atoms with Crippen molar-refractivity contribution in [2.45, 2.75) is 19.3 Å². The van der Waals surface area contributed by atoms with Crippen molar-refractivity contribution in [1.82, 2.24) is 8.61 Å². The van der Waals surface area contributed by atoms with E-state index in [1.807, 2.05) is 0 Å². The first-order chi connectivity index (χ1) is 8.89. The molecule has 1 heterocycles. The molecular formula is C11H22N2O5S. The van der Waals surface area contributed by atoms with Gasteiger partial charge >= 0.3 is 5.97 Å². The van der Waals surface area contributed by atoms with Gasteiger partial charge in [0.2, 0.25) is 0 Å². The minimum atomic E-state index is -3.47. The standard InChI is InChI=1S/C11H22N2O5S/c1-12(6-3-9-18-2)19(16,17)13-7-4-10(5-8-13)11(14)15/h10H,3-9H2,1-2H3,(H,14,15). The second kappa shape index (κ2) is 7.18. The van der Waals surface area contributed by atoms with Gasteiger partial charge in [0.15, 0.2) is 0 Å². The number of hydrogen-bond donors (Lipinski definition) is 1. The zero-order chi connectivity index (χ0) is 14.5. The lowest BCUT2D eigenvalue weighted by atomic mass is 9.99. The minimum absolute atomic E-state index is 0.272. The normalized spacial score (nSPS) is 18.9. The molecule has 0 aromatic carbocycles. The van der Waals surface area contributed by atoms with E-state index in [9.17, 15) is 13.2 Å². The average molecular weight is 294 g/mol. The van der Waals surface area contributed by atoms with Crippen LogP contribution in [0.5, 0.6) is 0 Å². The molecular weight excluding hydrogens is 272 g/mol. The maximum atomic E-state index is 12.2. The highest BCUT2D eigenvalue weighted by Gasteiger charge is 2.32. The summed E-state index contributed by atoms with van der Waals surface area (Å²) in [5.41, 5.74) is 0. The summed E-state index contributed by atoms with van der Waals surface area (Å²) in [5, 5.41) is 8.89. The number of nitrogens with zero attached hydrogens (tertiary/aromatic N) is 2. The summed E-state index contributed by atoms with van der Waals surface area (Å²) < 4.78 is 32.0. The highest BCUT2D eigenvalue weighted by molar-refractivity contribution is 7.86. The van der Waals surface area contributed by atoms with E-state index < -0.39 is 22.1 Å². The number of ether oxygens (including phenoxy) is 1. The van der Waals surface area contributed by atoms with Crippen molar-refractivity contribution in [3.05, 3.63) is 0 Å². The maximum Gasteiger partial charge on any atom is 0.306 e. The van der Waals surface area contributed by atoms with E-state index in [1.165, 1.54) is 15.7 Å². The predicted molar refractivity (Wildman–Crippen MR) is 70.0 cm³/mol. The molecule has 0 aromatic rings. The number of carboxylic acid groups (broad SMARTS) is 1. The lowest BCUT2D eigenvalue weighted by Gasteiger charge is -2.32. The lowest BCUT2D eigenvalue weighted by molar-refractivity contribution is -0.142. The molecule has 0 saturated carbocycles. The average Bonchev–Trinajstić information content (AvgIpc) is 2.39. The van der Waals surface area contributed by atoms with Crippen LogP contribution < -0.4 is 0 Å². The van der Waals surface area contributed by atoms with E-state index >= 15 is 0 Å². The molecule has 0 radical (unpaired) electrons. The maximum absolute atomic E-state index is 12.2. The van der Waals surface area contributed by atoms with Crippen molar-refractivity contribution in [3.63, 3.8) is 0 Å². The van der Waals surface area contributed by atoms with Crippen molar-refractivity contribution in [2.75, 3.05) is 40.4 Å². The Morgan fingerprint density at radius 3 is 2.47 bits per heavy atom. The molecule has 0 aromatic heterocycles. The third-order valence-electron chi connectivity index (χ3n) is 3.34. The third kappa shape index (κ3) is 4.41. The summed E-state index contributed by atoms with van der Waals surface area (Å²) in [6, 6.07) is 0. The molecule has 1 saturated heterocycles. The van der Waals surface area contributed by atoms with Gasteiger partial charge in [-0.25, -0.2) is 0 Å². The predicted octanol–water partition coefficient (Wildman–Crippen LogP) is -0.00390. The lowest BCUT2D eigenvalue weighted by Crippen LogP contribution is -2.46. The Morgan fingerprint density at radius 1 is 1.42 bits per heavy atom. The van der Waals surface area contributed by atoms with Gasteiger partial charge in [-0.3, -0.25) is 4.79 Å². The van der Waals surface area contributed by atoms with Gasteiger partial charge in [0.05, 0.1) is 5.92 Å². The van der Waals surface area contributed by atoms with Crippen molar-refractivity contribution >= 4 is 16.2 Å². The van der Waals surface area contributed by atoms with Crippen molar-refractivity contribution in [3.8, 4) is 0 Å². The van der Waals surface area contributed by atoms with Crippen LogP contribution in [0.15, 0.2) is 0 Å². The molecule has 0 aliphatic carbocycles. The Bertz CT molecular complexity index is 390. The molecule has 7 nitrogen and oxygen atoms in total. The Labute approximate surface area is 114 Å². The van der Waals surface area contributed by atoms with Crippen molar-refractivity contribution in [2.24, 2.45) is 5.92 Å². The fourth-order valence-corrected chi connectivity index (χ4v) is 3.50. The summed E-state index contributed by atoms with van der Waals surface area (Å²) in [6.07, 6.45) is 1.39. The molecule has 1 fully saturated rings. The van der Waals surface area contributed by atoms with Crippen LogP contribution in [0.4, 0.5) is 0 Å². The quantitative estimate of drug-likeness (QED) is 0.668. The van der Waals surface area contributed by atoms with Crippen LogP contribution in [0.3, 0.4) is 0 Å². The summed E-state index contributed by atoms with van der Waals surface area (Å²) in [5.74, 6) is -1.27. The van der Waals surface area contributed by atoms with Crippen LogP contribution in [0, 0.1) is 5.92 Å². The smallest absolute Gasteiger partial charge is 0.306 e. The summed E-state index contributed by atoms with van der Waals surface area (Å²) in [7, 11) is -0.363. The van der Waals surface area contributed by atoms with E-state index in [2.05, 4.69) is 0 Å². The number of carboxylic acids is 1. The summed E-state index contributed by atoms with van der Waals surface area (Å²) in [4.78, 5) is 10.8. The number of carbonyl (C=O) groups is 1. The molecule has 0 atom stereocenters. The zero-order valence-corrected chi connectivity index (χ0v) is 12.2. The van der Waals surface area contributed by atoms with E-state index in [-0.39, 0.29) is 13.1 Å². The molecule has 1 aliphatic rings. The third-order valence-corrected chi connectivity index (χ3v) is 5.33. The zero-order valence-electron chi connectivity index (χ0n) is 11.4. The molecule has 0 spiro atoms. The van der Waals surface area contributed by atoms with Crippen LogP contribution in [0.25, 0.3) is 0 Å². The molecule has 1 N–H and O–H groups in total. The number of piperidine rings is 1. The Kier molecular flexibility index (Phi) is 6.18. The highest BCUT2D eigenvalue weighted by atomic mass is 32.2. The van der Waals surface area contributed by atoms with Crippen LogP contribution in [-0.4, -0.2) is 68.5 Å². The van der Waals surface area contributed by atoms with Gasteiger partial charge in [-0.15, -0.1) is 0 Å². The monoisotopic (exact) mass is 294 g/mol. The van der Waals surface area contributed by atoms with Gasteiger partial charge in [0.25, 0.3) is 10.2 Å². The molecule has 1 aliphatic heterocycles. The second-order valence-corrected chi connectivity index (χ2v) is 6.72. The number of hydrogen-bond acceptors (Lipinski definition) is 4. The van der Waals surface area contributed by atoms with E-state index in [1.54, 1.807) is 7.11 Å². The Hall–Kier alpha value is -0.700. The number of methoxy groups -OCH3 is 1. The Balaban J connectivity index is 2.52. The Morgan fingerprint density at radius 2 is 2.00 bits per heavy atom. The van der Waals surface area contributed by atoms with Gasteiger partial charge in [-0.1, -0.05) is 0 Å². The fraction of sp³-hybridized carbons (Fsp3) is 0.909. The topological polar surface area (TPSA) is 87.2 Å². The van der Waals surface area contributed by atoms with E-state index in [4.69, 9.17) is 9.84 Å². The summed E-state index contributed by atoms with van der Waals surface area (Å²) in [6.45, 7) is 1.46.